The molecule has 90 valence electrons. The van der Waals surface area contributed by atoms with Crippen molar-refractivity contribution in [1.29, 1.82) is 0 Å². The third kappa shape index (κ3) is 4.49. The van der Waals surface area contributed by atoms with Crippen LogP contribution < -0.4 is 5.32 Å². The number of hydrogen-bond donors (Lipinski definition) is 1. The van der Waals surface area contributed by atoms with Crippen molar-refractivity contribution in [2.24, 2.45) is 5.92 Å². The summed E-state index contributed by atoms with van der Waals surface area (Å²) in [7, 11) is 6.51. The van der Waals surface area contributed by atoms with Gasteiger partial charge in [-0.2, -0.15) is 0 Å². The second kappa shape index (κ2) is 5.83. The lowest BCUT2D eigenvalue weighted by molar-refractivity contribution is 0.267. The minimum atomic E-state index is 0.622. The van der Waals surface area contributed by atoms with Crippen molar-refractivity contribution in [3.8, 4) is 0 Å². The van der Waals surface area contributed by atoms with Crippen molar-refractivity contribution >= 4 is 0 Å². The summed E-state index contributed by atoms with van der Waals surface area (Å²) in [6, 6.07) is 1.32. The highest BCUT2D eigenvalue weighted by molar-refractivity contribution is 4.84. The SMILES string of the molecule is CC(C)C(CN(C)C)NC1CCN(C)C1. The number of likely N-dealkylation sites (tertiary alicyclic amines) is 1. The van der Waals surface area contributed by atoms with Crippen molar-refractivity contribution in [2.45, 2.75) is 32.4 Å². The van der Waals surface area contributed by atoms with Gasteiger partial charge in [-0.3, -0.25) is 0 Å². The highest BCUT2D eigenvalue weighted by Gasteiger charge is 2.23. The summed E-state index contributed by atoms with van der Waals surface area (Å²) >= 11 is 0. The molecule has 0 radical (unpaired) electrons. The van der Waals surface area contributed by atoms with Crippen LogP contribution in [0.1, 0.15) is 20.3 Å². The minimum absolute atomic E-state index is 0.622. The first-order chi connectivity index (χ1) is 6.99. The fraction of sp³-hybridized carbons (Fsp3) is 1.00. The third-order valence-corrected chi connectivity index (χ3v) is 3.21. The van der Waals surface area contributed by atoms with Gasteiger partial charge in [0.05, 0.1) is 0 Å². The lowest BCUT2D eigenvalue weighted by atomic mass is 10.0. The number of hydrogen-bond acceptors (Lipinski definition) is 3. The summed E-state index contributed by atoms with van der Waals surface area (Å²) in [6.07, 6.45) is 1.30. The Labute approximate surface area is 94.8 Å². The van der Waals surface area contributed by atoms with Crippen molar-refractivity contribution in [1.82, 2.24) is 15.1 Å². The molecule has 1 fully saturated rings. The van der Waals surface area contributed by atoms with E-state index in [-0.39, 0.29) is 0 Å². The molecular formula is C12H27N3. The minimum Gasteiger partial charge on any atom is -0.308 e. The molecule has 1 aliphatic rings. The van der Waals surface area contributed by atoms with E-state index in [0.717, 1.165) is 6.54 Å². The largest absolute Gasteiger partial charge is 0.308 e. The summed E-state index contributed by atoms with van der Waals surface area (Å²) < 4.78 is 0. The molecule has 1 heterocycles. The van der Waals surface area contributed by atoms with Crippen LogP contribution in [0.3, 0.4) is 0 Å². The van der Waals surface area contributed by atoms with Gasteiger partial charge in [-0.15, -0.1) is 0 Å². The molecule has 0 aromatic rings. The van der Waals surface area contributed by atoms with Crippen LogP contribution in [0.15, 0.2) is 0 Å². The molecule has 0 spiro atoms. The van der Waals surface area contributed by atoms with Gasteiger partial charge in [0.15, 0.2) is 0 Å². The Kier molecular flexibility index (Phi) is 5.03. The van der Waals surface area contributed by atoms with E-state index in [1.54, 1.807) is 0 Å². The highest BCUT2D eigenvalue weighted by atomic mass is 15.2. The average Bonchev–Trinajstić information content (AvgIpc) is 2.49. The topological polar surface area (TPSA) is 18.5 Å². The molecule has 1 aliphatic heterocycles. The van der Waals surface area contributed by atoms with Crippen LogP contribution in [0.25, 0.3) is 0 Å². The maximum Gasteiger partial charge on any atom is 0.0220 e. The molecule has 0 aromatic heterocycles. The molecule has 2 atom stereocenters. The Morgan fingerprint density at radius 3 is 2.47 bits per heavy atom. The fourth-order valence-electron chi connectivity index (χ4n) is 2.22. The molecule has 0 aromatic carbocycles. The van der Waals surface area contributed by atoms with E-state index in [0.29, 0.717) is 18.0 Å². The van der Waals surface area contributed by atoms with Gasteiger partial charge in [-0.05, 0) is 40.0 Å². The zero-order valence-electron chi connectivity index (χ0n) is 11.0. The molecule has 1 saturated heterocycles. The summed E-state index contributed by atoms with van der Waals surface area (Å²) in [5.41, 5.74) is 0. The maximum absolute atomic E-state index is 3.79. The monoisotopic (exact) mass is 213 g/mol. The average molecular weight is 213 g/mol. The molecule has 2 unspecified atom stereocenters. The zero-order chi connectivity index (χ0) is 11.4. The van der Waals surface area contributed by atoms with E-state index in [4.69, 9.17) is 0 Å². The van der Waals surface area contributed by atoms with E-state index in [1.165, 1.54) is 19.5 Å². The summed E-state index contributed by atoms with van der Waals surface area (Å²) in [5, 5.41) is 3.79. The standard InChI is InChI=1S/C12H27N3/c1-10(2)12(9-14(3)4)13-11-6-7-15(5)8-11/h10-13H,6-9H2,1-5H3. The first-order valence-electron chi connectivity index (χ1n) is 6.08. The molecule has 0 amide bonds. The van der Waals surface area contributed by atoms with Crippen LogP contribution in [0.4, 0.5) is 0 Å². The molecule has 0 aliphatic carbocycles. The quantitative estimate of drug-likeness (QED) is 0.731. The molecule has 1 N–H and O–H groups in total. The Balaban J connectivity index is 2.37. The number of rotatable bonds is 5. The van der Waals surface area contributed by atoms with Crippen LogP contribution in [0, 0.1) is 5.92 Å². The smallest absolute Gasteiger partial charge is 0.0220 e. The van der Waals surface area contributed by atoms with Gasteiger partial charge in [0.25, 0.3) is 0 Å². The van der Waals surface area contributed by atoms with Crippen LogP contribution >= 0.6 is 0 Å². The van der Waals surface area contributed by atoms with Gasteiger partial charge >= 0.3 is 0 Å². The second-order valence-electron chi connectivity index (χ2n) is 5.53. The molecule has 15 heavy (non-hydrogen) atoms. The summed E-state index contributed by atoms with van der Waals surface area (Å²) in [6.45, 7) is 8.19. The Hall–Kier alpha value is -0.120. The van der Waals surface area contributed by atoms with Gasteiger partial charge in [-0.25, -0.2) is 0 Å². The fourth-order valence-corrected chi connectivity index (χ4v) is 2.22. The number of likely N-dealkylation sites (N-methyl/N-ethyl adjacent to an activating group) is 2. The maximum atomic E-state index is 3.79. The van der Waals surface area contributed by atoms with Gasteiger partial charge in [-0.1, -0.05) is 13.8 Å². The molecule has 1 rings (SSSR count). The van der Waals surface area contributed by atoms with Crippen LogP contribution in [-0.4, -0.2) is 62.7 Å². The predicted octanol–water partition coefficient (Wildman–Crippen LogP) is 0.866. The molecule has 3 nitrogen and oxygen atoms in total. The van der Waals surface area contributed by atoms with Gasteiger partial charge < -0.3 is 15.1 Å². The molecular weight excluding hydrogens is 186 g/mol. The number of nitrogens with zero attached hydrogens (tertiary/aromatic N) is 2. The third-order valence-electron chi connectivity index (χ3n) is 3.21. The van der Waals surface area contributed by atoms with E-state index < -0.39 is 0 Å². The van der Waals surface area contributed by atoms with Crippen molar-refractivity contribution < 1.29 is 0 Å². The van der Waals surface area contributed by atoms with E-state index in [2.05, 4.69) is 50.1 Å². The van der Waals surface area contributed by atoms with Crippen molar-refractivity contribution in [3.05, 3.63) is 0 Å². The highest BCUT2D eigenvalue weighted by Crippen LogP contribution is 2.10. The van der Waals surface area contributed by atoms with Crippen LogP contribution in [-0.2, 0) is 0 Å². The van der Waals surface area contributed by atoms with Crippen LogP contribution in [0.2, 0.25) is 0 Å². The Morgan fingerprint density at radius 2 is 2.07 bits per heavy atom. The van der Waals surface area contributed by atoms with E-state index >= 15 is 0 Å². The van der Waals surface area contributed by atoms with E-state index in [9.17, 15) is 0 Å². The van der Waals surface area contributed by atoms with Crippen molar-refractivity contribution in [3.63, 3.8) is 0 Å². The zero-order valence-corrected chi connectivity index (χ0v) is 11.0. The lowest BCUT2D eigenvalue weighted by Crippen LogP contribution is -2.47. The number of nitrogens with one attached hydrogen (secondary N) is 1. The van der Waals surface area contributed by atoms with Gasteiger partial charge in [0.2, 0.25) is 0 Å². The first-order valence-corrected chi connectivity index (χ1v) is 6.08. The predicted molar refractivity (Wildman–Crippen MR) is 66.2 cm³/mol. The molecule has 0 bridgehead atoms. The normalized spacial score (nSPS) is 25.4. The van der Waals surface area contributed by atoms with Crippen molar-refractivity contribution in [2.75, 3.05) is 40.8 Å². The lowest BCUT2D eigenvalue weighted by Gasteiger charge is -2.28. The van der Waals surface area contributed by atoms with E-state index in [1.807, 2.05) is 0 Å². The molecule has 3 heteroatoms. The second-order valence-corrected chi connectivity index (χ2v) is 5.53. The Bertz CT molecular complexity index is 180. The molecule has 0 saturated carbocycles. The van der Waals surface area contributed by atoms with Gasteiger partial charge in [0, 0.05) is 25.2 Å². The van der Waals surface area contributed by atoms with Crippen LogP contribution in [0.5, 0.6) is 0 Å². The summed E-state index contributed by atoms with van der Waals surface area (Å²) in [5.74, 6) is 0.707. The first kappa shape index (κ1) is 12.9. The Morgan fingerprint density at radius 1 is 1.40 bits per heavy atom. The van der Waals surface area contributed by atoms with Gasteiger partial charge in [0.1, 0.15) is 0 Å². The summed E-state index contributed by atoms with van der Waals surface area (Å²) in [4.78, 5) is 4.68.